The van der Waals surface area contributed by atoms with Gasteiger partial charge >= 0.3 is 0 Å². The quantitative estimate of drug-likeness (QED) is 0.916. The van der Waals surface area contributed by atoms with Crippen molar-refractivity contribution < 1.29 is 4.79 Å². The molecule has 1 aliphatic heterocycles. The summed E-state index contributed by atoms with van der Waals surface area (Å²) in [5, 5.41) is 3.39. The molecule has 3 rings (SSSR count). The summed E-state index contributed by atoms with van der Waals surface area (Å²) >= 11 is 0. The Balaban J connectivity index is 1.60. The van der Waals surface area contributed by atoms with Crippen molar-refractivity contribution >= 4 is 5.91 Å². The van der Waals surface area contributed by atoms with Crippen LogP contribution in [0, 0.1) is 5.92 Å². The van der Waals surface area contributed by atoms with Crippen molar-refractivity contribution in [1.82, 2.24) is 10.2 Å². The second-order valence-corrected chi connectivity index (χ2v) is 6.28. The SMILES string of the molecule is CN(CC1CCCC1)C(=O)C1Cc2ccccc2CN1. The van der Waals surface area contributed by atoms with Gasteiger partial charge in [-0.3, -0.25) is 4.79 Å². The van der Waals surface area contributed by atoms with Gasteiger partial charge in [0.15, 0.2) is 0 Å². The number of amides is 1. The smallest absolute Gasteiger partial charge is 0.239 e. The molecule has 1 aromatic rings. The lowest BCUT2D eigenvalue weighted by Gasteiger charge is -2.30. The van der Waals surface area contributed by atoms with Gasteiger partial charge in [-0.15, -0.1) is 0 Å². The lowest BCUT2D eigenvalue weighted by molar-refractivity contribution is -0.132. The molecular weight excluding hydrogens is 248 g/mol. The third-order valence-corrected chi connectivity index (χ3v) is 4.76. The summed E-state index contributed by atoms with van der Waals surface area (Å²) in [5.41, 5.74) is 2.65. The molecule has 0 aromatic heterocycles. The van der Waals surface area contributed by atoms with Crippen molar-refractivity contribution in [1.29, 1.82) is 0 Å². The normalized spacial score (nSPS) is 22.6. The number of benzene rings is 1. The van der Waals surface area contributed by atoms with E-state index in [1.165, 1.54) is 36.8 Å². The predicted octanol–water partition coefficient (Wildman–Crippen LogP) is 2.35. The average Bonchev–Trinajstić information content (AvgIpc) is 2.99. The van der Waals surface area contributed by atoms with E-state index in [1.807, 2.05) is 11.9 Å². The van der Waals surface area contributed by atoms with E-state index in [0.29, 0.717) is 0 Å². The zero-order chi connectivity index (χ0) is 13.9. The second-order valence-electron chi connectivity index (χ2n) is 6.28. The fourth-order valence-electron chi connectivity index (χ4n) is 3.57. The van der Waals surface area contributed by atoms with E-state index in [1.54, 1.807) is 0 Å². The molecule has 1 N–H and O–H groups in total. The predicted molar refractivity (Wildman–Crippen MR) is 80.4 cm³/mol. The van der Waals surface area contributed by atoms with E-state index in [2.05, 4.69) is 29.6 Å². The van der Waals surface area contributed by atoms with Crippen molar-refractivity contribution in [3.8, 4) is 0 Å². The molecule has 108 valence electrons. The van der Waals surface area contributed by atoms with Gasteiger partial charge in [0.25, 0.3) is 0 Å². The summed E-state index contributed by atoms with van der Waals surface area (Å²) in [7, 11) is 1.96. The summed E-state index contributed by atoms with van der Waals surface area (Å²) in [4.78, 5) is 14.5. The van der Waals surface area contributed by atoms with Gasteiger partial charge in [-0.05, 0) is 36.3 Å². The molecule has 1 aliphatic carbocycles. The average molecular weight is 272 g/mol. The van der Waals surface area contributed by atoms with Crippen LogP contribution in [0.15, 0.2) is 24.3 Å². The number of nitrogens with one attached hydrogen (secondary N) is 1. The molecule has 1 atom stereocenters. The van der Waals surface area contributed by atoms with E-state index in [9.17, 15) is 4.79 Å². The van der Waals surface area contributed by atoms with Crippen LogP contribution in [0.1, 0.15) is 36.8 Å². The van der Waals surface area contributed by atoms with Gasteiger partial charge in [0.2, 0.25) is 5.91 Å². The Kier molecular flexibility index (Phi) is 4.06. The van der Waals surface area contributed by atoms with Crippen LogP contribution in [0.25, 0.3) is 0 Å². The molecule has 1 heterocycles. The molecule has 1 saturated carbocycles. The first-order valence-electron chi connectivity index (χ1n) is 7.79. The van der Waals surface area contributed by atoms with Crippen LogP contribution >= 0.6 is 0 Å². The minimum atomic E-state index is -0.0451. The monoisotopic (exact) mass is 272 g/mol. The molecule has 0 radical (unpaired) electrons. The topological polar surface area (TPSA) is 32.3 Å². The summed E-state index contributed by atoms with van der Waals surface area (Å²) in [6.45, 7) is 1.74. The van der Waals surface area contributed by atoms with E-state index >= 15 is 0 Å². The van der Waals surface area contributed by atoms with E-state index in [0.717, 1.165) is 25.4 Å². The third-order valence-electron chi connectivity index (χ3n) is 4.76. The standard InChI is InChI=1S/C17H24N2O/c1-19(12-13-6-2-3-7-13)17(20)16-10-14-8-4-5-9-15(14)11-18-16/h4-5,8-9,13,16,18H,2-3,6-7,10-12H2,1H3. The summed E-state index contributed by atoms with van der Waals surface area (Å²) in [5.74, 6) is 0.978. The molecule has 1 amide bonds. The summed E-state index contributed by atoms with van der Waals surface area (Å²) in [6, 6.07) is 8.37. The molecule has 2 aliphatic rings. The molecule has 20 heavy (non-hydrogen) atoms. The molecule has 0 saturated heterocycles. The molecular formula is C17H24N2O. The minimum absolute atomic E-state index is 0.0451. The lowest BCUT2D eigenvalue weighted by atomic mass is 9.95. The number of nitrogens with zero attached hydrogens (tertiary/aromatic N) is 1. The number of carbonyl (C=O) groups is 1. The number of hydrogen-bond acceptors (Lipinski definition) is 2. The lowest BCUT2D eigenvalue weighted by Crippen LogP contribution is -2.49. The highest BCUT2D eigenvalue weighted by Crippen LogP contribution is 2.25. The second kappa shape index (κ2) is 5.96. The fraction of sp³-hybridized carbons (Fsp3) is 0.588. The van der Waals surface area contributed by atoms with Gasteiger partial charge < -0.3 is 10.2 Å². The molecule has 1 fully saturated rings. The Morgan fingerprint density at radius 3 is 2.70 bits per heavy atom. The van der Waals surface area contributed by atoms with E-state index < -0.39 is 0 Å². The number of hydrogen-bond donors (Lipinski definition) is 1. The number of likely N-dealkylation sites (N-methyl/N-ethyl adjacent to an activating group) is 1. The van der Waals surface area contributed by atoms with Gasteiger partial charge in [0, 0.05) is 20.1 Å². The Morgan fingerprint density at radius 1 is 1.25 bits per heavy atom. The molecule has 1 unspecified atom stereocenters. The van der Waals surface area contributed by atoms with Crippen molar-refractivity contribution in [3.63, 3.8) is 0 Å². The van der Waals surface area contributed by atoms with Gasteiger partial charge in [-0.2, -0.15) is 0 Å². The number of carbonyl (C=O) groups excluding carboxylic acids is 1. The van der Waals surface area contributed by atoms with E-state index in [-0.39, 0.29) is 11.9 Å². The van der Waals surface area contributed by atoms with Crippen molar-refractivity contribution in [2.24, 2.45) is 5.92 Å². The van der Waals surface area contributed by atoms with Crippen LogP contribution in [0.3, 0.4) is 0 Å². The molecule has 3 nitrogen and oxygen atoms in total. The first-order valence-corrected chi connectivity index (χ1v) is 7.79. The highest BCUT2D eigenvalue weighted by atomic mass is 16.2. The van der Waals surface area contributed by atoms with Crippen molar-refractivity contribution in [3.05, 3.63) is 35.4 Å². The maximum absolute atomic E-state index is 12.6. The van der Waals surface area contributed by atoms with Crippen molar-refractivity contribution in [2.75, 3.05) is 13.6 Å². The van der Waals surface area contributed by atoms with Gasteiger partial charge in [0.1, 0.15) is 0 Å². The zero-order valence-electron chi connectivity index (χ0n) is 12.3. The van der Waals surface area contributed by atoms with Crippen LogP contribution in [-0.4, -0.2) is 30.4 Å². The first kappa shape index (κ1) is 13.6. The fourth-order valence-corrected chi connectivity index (χ4v) is 3.57. The Labute approximate surface area is 121 Å². The Morgan fingerprint density at radius 2 is 1.95 bits per heavy atom. The molecule has 0 spiro atoms. The summed E-state index contributed by atoms with van der Waals surface area (Å²) < 4.78 is 0. The maximum atomic E-state index is 12.6. The molecule has 3 heteroatoms. The van der Waals surface area contributed by atoms with E-state index in [4.69, 9.17) is 0 Å². The third kappa shape index (κ3) is 2.88. The van der Waals surface area contributed by atoms with Crippen LogP contribution in [0.5, 0.6) is 0 Å². The number of rotatable bonds is 3. The van der Waals surface area contributed by atoms with Gasteiger partial charge in [-0.25, -0.2) is 0 Å². The number of fused-ring (bicyclic) bond motifs is 1. The molecule has 0 bridgehead atoms. The van der Waals surface area contributed by atoms with Gasteiger partial charge in [-0.1, -0.05) is 37.1 Å². The first-order chi connectivity index (χ1) is 9.74. The van der Waals surface area contributed by atoms with Crippen LogP contribution in [0.4, 0.5) is 0 Å². The highest BCUT2D eigenvalue weighted by molar-refractivity contribution is 5.82. The zero-order valence-corrected chi connectivity index (χ0v) is 12.3. The van der Waals surface area contributed by atoms with Crippen molar-refractivity contribution in [2.45, 2.75) is 44.7 Å². The highest BCUT2D eigenvalue weighted by Gasteiger charge is 2.28. The van der Waals surface area contributed by atoms with Gasteiger partial charge in [0.05, 0.1) is 6.04 Å². The largest absolute Gasteiger partial charge is 0.344 e. The Bertz CT molecular complexity index is 480. The Hall–Kier alpha value is -1.35. The van der Waals surface area contributed by atoms with Crippen LogP contribution in [0.2, 0.25) is 0 Å². The minimum Gasteiger partial charge on any atom is -0.344 e. The summed E-state index contributed by atoms with van der Waals surface area (Å²) in [6.07, 6.45) is 6.07. The molecule has 1 aromatic carbocycles. The van der Waals surface area contributed by atoms with Crippen LogP contribution in [-0.2, 0) is 17.8 Å². The maximum Gasteiger partial charge on any atom is 0.239 e. The van der Waals surface area contributed by atoms with Crippen LogP contribution < -0.4 is 5.32 Å².